The van der Waals surface area contributed by atoms with E-state index in [0.29, 0.717) is 11.3 Å². The van der Waals surface area contributed by atoms with Gasteiger partial charge in [-0.1, -0.05) is 26.7 Å². The minimum Gasteiger partial charge on any atom is -0.399 e. The molecule has 1 aromatic carbocycles. The molecule has 0 saturated heterocycles. The highest BCUT2D eigenvalue weighted by Crippen LogP contribution is 2.12. The molecule has 1 amide bonds. The Balaban J connectivity index is 2.49. The zero-order chi connectivity index (χ0) is 14.4. The maximum atomic E-state index is 12.1. The number of amides is 1. The van der Waals surface area contributed by atoms with Gasteiger partial charge in [-0.3, -0.25) is 4.79 Å². The molecule has 19 heavy (non-hydrogen) atoms. The lowest BCUT2D eigenvalue weighted by molar-refractivity contribution is 0.0937. The number of benzene rings is 1. The monoisotopic (exact) mass is 262 g/mol. The van der Waals surface area contributed by atoms with Gasteiger partial charge in [0.1, 0.15) is 0 Å². The van der Waals surface area contributed by atoms with Crippen LogP contribution in [-0.4, -0.2) is 11.9 Å². The molecule has 0 bridgehead atoms. The van der Waals surface area contributed by atoms with Crippen molar-refractivity contribution in [3.63, 3.8) is 0 Å². The van der Waals surface area contributed by atoms with Crippen LogP contribution in [0.1, 0.15) is 56.0 Å². The number of carbonyl (C=O) groups excluding carboxylic acids is 1. The molecule has 0 aliphatic rings. The summed E-state index contributed by atoms with van der Waals surface area (Å²) in [5.74, 6) is 0.687. The first kappa shape index (κ1) is 15.5. The summed E-state index contributed by atoms with van der Waals surface area (Å²) in [4.78, 5) is 12.1. The molecule has 1 rings (SSSR count). The molecule has 0 aliphatic heterocycles. The van der Waals surface area contributed by atoms with E-state index >= 15 is 0 Å². The number of nitrogen functional groups attached to an aromatic ring is 1. The van der Waals surface area contributed by atoms with Crippen LogP contribution in [-0.2, 0) is 0 Å². The molecule has 1 aromatic rings. The second-order valence-corrected chi connectivity index (χ2v) is 5.83. The van der Waals surface area contributed by atoms with Gasteiger partial charge in [-0.05, 0) is 49.9 Å². The van der Waals surface area contributed by atoms with Crippen molar-refractivity contribution in [3.8, 4) is 0 Å². The normalized spacial score (nSPS) is 12.5. The van der Waals surface area contributed by atoms with Crippen molar-refractivity contribution >= 4 is 11.6 Å². The summed E-state index contributed by atoms with van der Waals surface area (Å²) >= 11 is 0. The van der Waals surface area contributed by atoms with Crippen LogP contribution in [0.15, 0.2) is 18.2 Å². The maximum absolute atomic E-state index is 12.1. The minimum atomic E-state index is -0.0348. The van der Waals surface area contributed by atoms with Gasteiger partial charge in [0.05, 0.1) is 0 Å². The van der Waals surface area contributed by atoms with E-state index in [2.05, 4.69) is 26.1 Å². The fraction of sp³-hybridized carbons (Fsp3) is 0.562. The zero-order valence-electron chi connectivity index (χ0n) is 12.5. The van der Waals surface area contributed by atoms with Crippen LogP contribution in [0.3, 0.4) is 0 Å². The van der Waals surface area contributed by atoms with E-state index in [1.165, 1.54) is 6.42 Å². The Labute approximate surface area is 116 Å². The van der Waals surface area contributed by atoms with Gasteiger partial charge in [-0.2, -0.15) is 0 Å². The second-order valence-electron chi connectivity index (χ2n) is 5.83. The van der Waals surface area contributed by atoms with Gasteiger partial charge in [0.25, 0.3) is 5.91 Å². The van der Waals surface area contributed by atoms with Gasteiger partial charge in [-0.25, -0.2) is 0 Å². The van der Waals surface area contributed by atoms with Gasteiger partial charge in [0, 0.05) is 17.3 Å². The summed E-state index contributed by atoms with van der Waals surface area (Å²) in [6, 6.07) is 5.66. The smallest absolute Gasteiger partial charge is 0.251 e. The van der Waals surface area contributed by atoms with Crippen LogP contribution in [0.25, 0.3) is 0 Å². The molecule has 0 radical (unpaired) electrons. The van der Waals surface area contributed by atoms with Crippen molar-refractivity contribution in [2.24, 2.45) is 5.92 Å². The largest absolute Gasteiger partial charge is 0.399 e. The molecule has 1 unspecified atom stereocenters. The number of nitrogens with two attached hydrogens (primary N) is 1. The maximum Gasteiger partial charge on any atom is 0.251 e. The fourth-order valence-corrected chi connectivity index (χ4v) is 2.16. The predicted molar refractivity (Wildman–Crippen MR) is 81.2 cm³/mol. The van der Waals surface area contributed by atoms with Crippen LogP contribution in [0.4, 0.5) is 5.69 Å². The predicted octanol–water partition coefficient (Wildman–Crippen LogP) is 3.52. The number of hydrogen-bond acceptors (Lipinski definition) is 2. The lowest BCUT2D eigenvalue weighted by atomic mass is 10.0. The van der Waals surface area contributed by atoms with E-state index in [1.807, 2.05) is 19.1 Å². The van der Waals surface area contributed by atoms with Crippen LogP contribution in [0, 0.1) is 12.8 Å². The molecule has 106 valence electrons. The average Bonchev–Trinajstić information content (AvgIpc) is 2.26. The summed E-state index contributed by atoms with van der Waals surface area (Å²) in [6.07, 6.45) is 3.37. The number of nitrogens with one attached hydrogen (secondary N) is 1. The van der Waals surface area contributed by atoms with Crippen molar-refractivity contribution in [2.45, 2.75) is 53.0 Å². The molecule has 0 fully saturated rings. The van der Waals surface area contributed by atoms with Gasteiger partial charge < -0.3 is 11.1 Å². The van der Waals surface area contributed by atoms with Gasteiger partial charge in [0.15, 0.2) is 0 Å². The van der Waals surface area contributed by atoms with E-state index in [0.717, 1.165) is 24.3 Å². The number of anilines is 1. The zero-order valence-corrected chi connectivity index (χ0v) is 12.5. The lowest BCUT2D eigenvalue weighted by Gasteiger charge is -2.15. The average molecular weight is 262 g/mol. The van der Waals surface area contributed by atoms with Gasteiger partial charge in [-0.15, -0.1) is 0 Å². The fourth-order valence-electron chi connectivity index (χ4n) is 2.16. The van der Waals surface area contributed by atoms with E-state index in [1.54, 1.807) is 6.07 Å². The summed E-state index contributed by atoms with van der Waals surface area (Å²) in [5.41, 5.74) is 8.06. The SMILES string of the molecule is Cc1cc(N)cc(C(=O)NC(C)CCCC(C)C)c1. The summed E-state index contributed by atoms with van der Waals surface area (Å²) in [5, 5.41) is 3.03. The van der Waals surface area contributed by atoms with E-state index in [4.69, 9.17) is 5.73 Å². The van der Waals surface area contributed by atoms with E-state index in [9.17, 15) is 4.79 Å². The van der Waals surface area contributed by atoms with Crippen LogP contribution >= 0.6 is 0 Å². The van der Waals surface area contributed by atoms with Crippen LogP contribution in [0.5, 0.6) is 0 Å². The molecule has 3 nitrogen and oxygen atoms in total. The molecule has 3 heteroatoms. The van der Waals surface area contributed by atoms with Gasteiger partial charge >= 0.3 is 0 Å². The highest BCUT2D eigenvalue weighted by atomic mass is 16.1. The number of aryl methyl sites for hydroxylation is 1. The van der Waals surface area contributed by atoms with Crippen molar-refractivity contribution in [1.82, 2.24) is 5.32 Å². The third-order valence-corrected chi connectivity index (χ3v) is 3.16. The Morgan fingerprint density at radius 2 is 1.89 bits per heavy atom. The lowest BCUT2D eigenvalue weighted by Crippen LogP contribution is -2.32. The first-order valence-corrected chi connectivity index (χ1v) is 7.06. The van der Waals surface area contributed by atoms with Crippen LogP contribution < -0.4 is 11.1 Å². The van der Waals surface area contributed by atoms with E-state index in [-0.39, 0.29) is 11.9 Å². The first-order valence-electron chi connectivity index (χ1n) is 7.06. The first-order chi connectivity index (χ1) is 8.88. The quantitative estimate of drug-likeness (QED) is 0.771. The Bertz CT molecular complexity index is 407. The minimum absolute atomic E-state index is 0.0348. The number of carbonyl (C=O) groups is 1. The number of rotatable bonds is 6. The van der Waals surface area contributed by atoms with Crippen molar-refractivity contribution < 1.29 is 4.79 Å². The van der Waals surface area contributed by atoms with E-state index < -0.39 is 0 Å². The Kier molecular flexibility index (Phi) is 5.87. The second kappa shape index (κ2) is 7.17. The molecule has 0 aromatic heterocycles. The molecule has 0 aliphatic carbocycles. The highest BCUT2D eigenvalue weighted by Gasteiger charge is 2.10. The molecule has 0 spiro atoms. The van der Waals surface area contributed by atoms with Gasteiger partial charge in [0.2, 0.25) is 0 Å². The molecule has 3 N–H and O–H groups in total. The van der Waals surface area contributed by atoms with Crippen molar-refractivity contribution in [3.05, 3.63) is 29.3 Å². The molecular weight excluding hydrogens is 236 g/mol. The third-order valence-electron chi connectivity index (χ3n) is 3.16. The topological polar surface area (TPSA) is 55.1 Å². The summed E-state index contributed by atoms with van der Waals surface area (Å²) in [6.45, 7) is 8.44. The molecular formula is C16H26N2O. The van der Waals surface area contributed by atoms with Crippen molar-refractivity contribution in [2.75, 3.05) is 5.73 Å². The Hall–Kier alpha value is -1.51. The summed E-state index contributed by atoms with van der Waals surface area (Å²) in [7, 11) is 0. The summed E-state index contributed by atoms with van der Waals surface area (Å²) < 4.78 is 0. The Morgan fingerprint density at radius 3 is 2.47 bits per heavy atom. The standard InChI is InChI=1S/C16H26N2O/c1-11(2)6-5-7-13(4)18-16(19)14-8-12(3)9-15(17)10-14/h8-11,13H,5-7,17H2,1-4H3,(H,18,19). The number of hydrogen-bond donors (Lipinski definition) is 2. The Morgan fingerprint density at radius 1 is 1.21 bits per heavy atom. The molecule has 0 saturated carbocycles. The van der Waals surface area contributed by atoms with Crippen molar-refractivity contribution in [1.29, 1.82) is 0 Å². The van der Waals surface area contributed by atoms with Crippen LogP contribution in [0.2, 0.25) is 0 Å². The molecule has 0 heterocycles. The highest BCUT2D eigenvalue weighted by molar-refractivity contribution is 5.95. The molecule has 1 atom stereocenters. The third kappa shape index (κ3) is 5.77.